The Balaban J connectivity index is 1.40. The van der Waals surface area contributed by atoms with Gasteiger partial charge in [0, 0.05) is 24.7 Å². The number of para-hydroxylation sites is 2. The predicted octanol–water partition coefficient (Wildman–Crippen LogP) is 4.83. The standard InChI is InChI=1S/C25H31N3O2/c1-30-21-11-9-19(10-12-21)25(15-5-2-6-16-25)27-17-13-20(14-18-27)28-23-8-4-3-7-22(23)26-24(28)29/h3-4,7-12,20H,2,5-6,13-18H2,1H3,(H,26,29). The Labute approximate surface area is 177 Å². The molecule has 1 aliphatic carbocycles. The Bertz CT molecular complexity index is 1050. The second kappa shape index (κ2) is 7.95. The highest BCUT2D eigenvalue weighted by molar-refractivity contribution is 5.75. The molecule has 5 rings (SSSR count). The maximum Gasteiger partial charge on any atom is 0.326 e. The maximum atomic E-state index is 12.6. The Morgan fingerprint density at radius 1 is 0.967 bits per heavy atom. The van der Waals surface area contributed by atoms with E-state index in [2.05, 4.69) is 40.2 Å². The lowest BCUT2D eigenvalue weighted by Crippen LogP contribution is -2.51. The van der Waals surface area contributed by atoms with Crippen LogP contribution in [0.1, 0.15) is 56.6 Å². The van der Waals surface area contributed by atoms with Gasteiger partial charge in [0.25, 0.3) is 0 Å². The largest absolute Gasteiger partial charge is 0.497 e. The van der Waals surface area contributed by atoms with E-state index in [-0.39, 0.29) is 17.3 Å². The molecule has 2 heterocycles. The number of likely N-dealkylation sites (tertiary alicyclic amines) is 1. The number of H-pyrrole nitrogens is 1. The van der Waals surface area contributed by atoms with E-state index in [1.807, 2.05) is 22.8 Å². The van der Waals surface area contributed by atoms with Crippen molar-refractivity contribution in [1.82, 2.24) is 14.5 Å². The molecule has 0 bridgehead atoms. The summed E-state index contributed by atoms with van der Waals surface area (Å²) in [7, 11) is 1.73. The third kappa shape index (κ3) is 3.25. The Kier molecular flexibility index (Phi) is 5.15. The van der Waals surface area contributed by atoms with Crippen LogP contribution >= 0.6 is 0 Å². The first-order valence-corrected chi connectivity index (χ1v) is 11.3. The van der Waals surface area contributed by atoms with Crippen molar-refractivity contribution in [3.8, 4) is 5.75 Å². The molecule has 0 amide bonds. The molecule has 3 aromatic rings. The van der Waals surface area contributed by atoms with E-state index < -0.39 is 0 Å². The van der Waals surface area contributed by atoms with Gasteiger partial charge in [-0.1, -0.05) is 43.5 Å². The third-order valence-corrected chi connectivity index (χ3v) is 7.37. The maximum absolute atomic E-state index is 12.6. The Hall–Kier alpha value is -2.53. The van der Waals surface area contributed by atoms with Crippen molar-refractivity contribution < 1.29 is 4.74 Å². The van der Waals surface area contributed by atoms with Gasteiger partial charge in [0.05, 0.1) is 18.1 Å². The van der Waals surface area contributed by atoms with E-state index in [1.165, 1.54) is 37.7 Å². The van der Waals surface area contributed by atoms with Crippen LogP contribution in [-0.4, -0.2) is 34.7 Å². The fourth-order valence-electron chi connectivity index (χ4n) is 5.81. The summed E-state index contributed by atoms with van der Waals surface area (Å²) >= 11 is 0. The number of nitrogens with zero attached hydrogens (tertiary/aromatic N) is 2. The average Bonchev–Trinajstić information content (AvgIpc) is 3.15. The number of hydrogen-bond donors (Lipinski definition) is 1. The predicted molar refractivity (Wildman–Crippen MR) is 120 cm³/mol. The summed E-state index contributed by atoms with van der Waals surface area (Å²) in [6, 6.07) is 17.0. The number of rotatable bonds is 4. The summed E-state index contributed by atoms with van der Waals surface area (Å²) in [5.74, 6) is 0.919. The molecule has 2 aliphatic rings. The van der Waals surface area contributed by atoms with E-state index in [4.69, 9.17) is 4.74 Å². The Morgan fingerprint density at radius 3 is 2.37 bits per heavy atom. The molecule has 0 radical (unpaired) electrons. The number of imidazole rings is 1. The van der Waals surface area contributed by atoms with Crippen LogP contribution in [0.4, 0.5) is 0 Å². The zero-order valence-corrected chi connectivity index (χ0v) is 17.8. The van der Waals surface area contributed by atoms with Gasteiger partial charge in [-0.25, -0.2) is 4.79 Å². The molecule has 1 saturated carbocycles. The molecule has 1 aromatic heterocycles. The third-order valence-electron chi connectivity index (χ3n) is 7.37. The van der Waals surface area contributed by atoms with Crippen LogP contribution in [0.3, 0.4) is 0 Å². The molecular formula is C25H31N3O2. The normalized spacial score (nSPS) is 20.4. The van der Waals surface area contributed by atoms with E-state index in [0.717, 1.165) is 42.7 Å². The van der Waals surface area contributed by atoms with Gasteiger partial charge in [-0.2, -0.15) is 0 Å². The van der Waals surface area contributed by atoms with Gasteiger partial charge in [-0.15, -0.1) is 0 Å². The SMILES string of the molecule is COc1ccc(C2(N3CCC(n4c(=O)[nH]c5ccccc54)CC3)CCCCC2)cc1. The van der Waals surface area contributed by atoms with E-state index in [1.54, 1.807) is 7.11 Å². The number of hydrogen-bond acceptors (Lipinski definition) is 3. The quantitative estimate of drug-likeness (QED) is 0.676. The minimum Gasteiger partial charge on any atom is -0.497 e. The minimum absolute atomic E-state index is 0.0252. The van der Waals surface area contributed by atoms with Gasteiger partial charge in [-0.05, 0) is 55.5 Å². The number of piperidine rings is 1. The average molecular weight is 406 g/mol. The number of methoxy groups -OCH3 is 1. The van der Waals surface area contributed by atoms with Crippen LogP contribution in [-0.2, 0) is 5.54 Å². The topological polar surface area (TPSA) is 50.3 Å². The van der Waals surface area contributed by atoms with Gasteiger partial charge >= 0.3 is 5.69 Å². The summed E-state index contributed by atoms with van der Waals surface area (Å²) in [5.41, 5.74) is 3.54. The zero-order chi connectivity index (χ0) is 20.6. The molecule has 1 saturated heterocycles. The molecule has 2 fully saturated rings. The van der Waals surface area contributed by atoms with Crippen LogP contribution in [0, 0.1) is 0 Å². The first kappa shape index (κ1) is 19.4. The summed E-state index contributed by atoms with van der Waals surface area (Å²) in [5, 5.41) is 0. The Morgan fingerprint density at radius 2 is 1.67 bits per heavy atom. The first-order chi connectivity index (χ1) is 14.7. The lowest BCUT2D eigenvalue weighted by atomic mass is 9.74. The lowest BCUT2D eigenvalue weighted by Gasteiger charge is -2.50. The molecule has 30 heavy (non-hydrogen) atoms. The molecule has 5 heteroatoms. The summed E-state index contributed by atoms with van der Waals surface area (Å²) in [6.07, 6.45) is 8.37. The minimum atomic E-state index is 0.0252. The van der Waals surface area contributed by atoms with Crippen molar-refractivity contribution in [3.63, 3.8) is 0 Å². The number of benzene rings is 2. The number of aromatic nitrogens is 2. The molecule has 0 atom stereocenters. The van der Waals surface area contributed by atoms with E-state index in [9.17, 15) is 4.79 Å². The molecule has 1 aliphatic heterocycles. The molecule has 2 aromatic carbocycles. The van der Waals surface area contributed by atoms with Gasteiger partial charge in [0.15, 0.2) is 0 Å². The highest BCUT2D eigenvalue weighted by Gasteiger charge is 2.41. The van der Waals surface area contributed by atoms with Gasteiger partial charge < -0.3 is 9.72 Å². The fourth-order valence-corrected chi connectivity index (χ4v) is 5.81. The van der Waals surface area contributed by atoms with Crippen molar-refractivity contribution in [2.45, 2.75) is 56.5 Å². The van der Waals surface area contributed by atoms with Crippen LogP contribution in [0.15, 0.2) is 53.3 Å². The number of ether oxygens (including phenoxy) is 1. The number of nitrogens with one attached hydrogen (secondary N) is 1. The van der Waals surface area contributed by atoms with Crippen molar-refractivity contribution in [2.24, 2.45) is 0 Å². The highest BCUT2D eigenvalue weighted by Crippen LogP contribution is 2.44. The second-order valence-corrected chi connectivity index (χ2v) is 8.86. The van der Waals surface area contributed by atoms with Gasteiger partial charge in [0.2, 0.25) is 0 Å². The fraction of sp³-hybridized carbons (Fsp3) is 0.480. The molecule has 0 unspecified atom stereocenters. The highest BCUT2D eigenvalue weighted by atomic mass is 16.5. The molecule has 0 spiro atoms. The smallest absolute Gasteiger partial charge is 0.326 e. The number of aromatic amines is 1. The summed E-state index contributed by atoms with van der Waals surface area (Å²) in [6.45, 7) is 2.06. The second-order valence-electron chi connectivity index (χ2n) is 8.86. The van der Waals surface area contributed by atoms with Crippen LogP contribution in [0.2, 0.25) is 0 Å². The van der Waals surface area contributed by atoms with Crippen LogP contribution < -0.4 is 10.4 Å². The van der Waals surface area contributed by atoms with Crippen LogP contribution in [0.25, 0.3) is 11.0 Å². The molecule has 5 nitrogen and oxygen atoms in total. The summed E-state index contributed by atoms with van der Waals surface area (Å²) in [4.78, 5) is 18.4. The first-order valence-electron chi connectivity index (χ1n) is 11.3. The van der Waals surface area contributed by atoms with Gasteiger partial charge in [0.1, 0.15) is 5.75 Å². The molecule has 1 N–H and O–H groups in total. The van der Waals surface area contributed by atoms with Crippen LogP contribution in [0.5, 0.6) is 5.75 Å². The summed E-state index contributed by atoms with van der Waals surface area (Å²) < 4.78 is 7.38. The lowest BCUT2D eigenvalue weighted by molar-refractivity contribution is 0.0189. The van der Waals surface area contributed by atoms with Crippen molar-refractivity contribution in [2.75, 3.05) is 20.2 Å². The van der Waals surface area contributed by atoms with E-state index >= 15 is 0 Å². The monoisotopic (exact) mass is 405 g/mol. The molecule has 158 valence electrons. The van der Waals surface area contributed by atoms with Gasteiger partial charge in [-0.3, -0.25) is 9.47 Å². The van der Waals surface area contributed by atoms with Crippen molar-refractivity contribution in [3.05, 3.63) is 64.6 Å². The molecular weight excluding hydrogens is 374 g/mol. The van der Waals surface area contributed by atoms with Crippen molar-refractivity contribution >= 4 is 11.0 Å². The zero-order valence-electron chi connectivity index (χ0n) is 17.8. The number of fused-ring (bicyclic) bond motifs is 1. The van der Waals surface area contributed by atoms with E-state index in [0.29, 0.717) is 0 Å². The van der Waals surface area contributed by atoms with Crippen molar-refractivity contribution in [1.29, 1.82) is 0 Å².